The molecule has 1 aliphatic rings. The Labute approximate surface area is 163 Å². The van der Waals surface area contributed by atoms with Gasteiger partial charge in [-0.25, -0.2) is 9.07 Å². The largest absolute Gasteiger partial charge is 0.349 e. The number of aromatic amines is 1. The minimum absolute atomic E-state index is 0.000608. The summed E-state index contributed by atoms with van der Waals surface area (Å²) < 4.78 is 15.5. The minimum Gasteiger partial charge on any atom is -0.349 e. The van der Waals surface area contributed by atoms with Crippen molar-refractivity contribution in [3.63, 3.8) is 0 Å². The number of carbonyl (C=O) groups excluding carboxylic acids is 1. The number of halogens is 1. The van der Waals surface area contributed by atoms with E-state index in [0.717, 1.165) is 29.7 Å². The summed E-state index contributed by atoms with van der Waals surface area (Å²) in [6.07, 6.45) is 8.05. The van der Waals surface area contributed by atoms with Crippen LogP contribution in [0.15, 0.2) is 42.9 Å². The van der Waals surface area contributed by atoms with Gasteiger partial charge in [0.05, 0.1) is 29.8 Å². The van der Waals surface area contributed by atoms with E-state index in [2.05, 4.69) is 34.5 Å². The molecule has 2 N–H and O–H groups in total. The lowest BCUT2D eigenvalue weighted by atomic mass is 9.74. The van der Waals surface area contributed by atoms with Crippen LogP contribution < -0.4 is 5.32 Å². The van der Waals surface area contributed by atoms with Crippen molar-refractivity contribution in [3.8, 4) is 5.69 Å². The van der Waals surface area contributed by atoms with Gasteiger partial charge in [0.25, 0.3) is 0 Å². The van der Waals surface area contributed by atoms with Crippen molar-refractivity contribution < 1.29 is 9.18 Å². The topological polar surface area (TPSA) is 75.6 Å². The van der Waals surface area contributed by atoms with Gasteiger partial charge in [-0.05, 0) is 48.4 Å². The molecule has 0 spiro atoms. The van der Waals surface area contributed by atoms with Gasteiger partial charge in [-0.2, -0.15) is 10.2 Å². The summed E-state index contributed by atoms with van der Waals surface area (Å²) in [6, 6.07) is 6.33. The Morgan fingerprint density at radius 1 is 1.39 bits per heavy atom. The maximum atomic E-state index is 13.7. The Hall–Kier alpha value is -2.96. The summed E-state index contributed by atoms with van der Waals surface area (Å²) in [5.41, 5.74) is 3.76. The first-order chi connectivity index (χ1) is 13.4. The van der Waals surface area contributed by atoms with Crippen LogP contribution >= 0.6 is 0 Å². The summed E-state index contributed by atoms with van der Waals surface area (Å²) in [5, 5.41) is 14.3. The van der Waals surface area contributed by atoms with E-state index in [1.54, 1.807) is 29.3 Å². The summed E-state index contributed by atoms with van der Waals surface area (Å²) in [5.74, 6) is -0.283. The Morgan fingerprint density at radius 2 is 2.25 bits per heavy atom. The van der Waals surface area contributed by atoms with Crippen LogP contribution in [0.4, 0.5) is 4.39 Å². The first-order valence-corrected chi connectivity index (χ1v) is 9.51. The van der Waals surface area contributed by atoms with Gasteiger partial charge in [-0.3, -0.25) is 9.89 Å². The molecule has 1 amide bonds. The number of carbonyl (C=O) groups is 1. The molecular formula is C21H24FN5O. The number of rotatable bonds is 5. The lowest BCUT2D eigenvalue weighted by Crippen LogP contribution is -2.36. The van der Waals surface area contributed by atoms with Crippen molar-refractivity contribution >= 4 is 5.91 Å². The second-order valence-electron chi connectivity index (χ2n) is 8.21. The number of nitrogens with zero attached hydrogens (tertiary/aromatic N) is 3. The molecule has 0 saturated heterocycles. The molecule has 0 saturated carbocycles. The fourth-order valence-corrected chi connectivity index (χ4v) is 3.94. The first-order valence-electron chi connectivity index (χ1n) is 9.51. The van der Waals surface area contributed by atoms with Crippen molar-refractivity contribution in [2.24, 2.45) is 5.41 Å². The van der Waals surface area contributed by atoms with E-state index in [1.807, 2.05) is 6.07 Å². The molecule has 1 aromatic carbocycles. The highest BCUT2D eigenvalue weighted by Crippen LogP contribution is 2.41. The van der Waals surface area contributed by atoms with E-state index in [-0.39, 0.29) is 23.2 Å². The number of hydrogen-bond donors (Lipinski definition) is 2. The Morgan fingerprint density at radius 3 is 3.00 bits per heavy atom. The fraction of sp³-hybridized carbons (Fsp3) is 0.381. The Bertz CT molecular complexity index is 977. The number of H-pyrrole nitrogens is 1. The average Bonchev–Trinajstić information content (AvgIpc) is 3.28. The zero-order valence-corrected chi connectivity index (χ0v) is 16.1. The van der Waals surface area contributed by atoms with Crippen molar-refractivity contribution in [3.05, 3.63) is 65.5 Å². The third-order valence-corrected chi connectivity index (χ3v) is 5.26. The van der Waals surface area contributed by atoms with E-state index in [0.29, 0.717) is 18.5 Å². The van der Waals surface area contributed by atoms with Gasteiger partial charge >= 0.3 is 0 Å². The van der Waals surface area contributed by atoms with Gasteiger partial charge in [0, 0.05) is 18.2 Å². The quantitative estimate of drug-likeness (QED) is 0.710. The maximum Gasteiger partial charge on any atom is 0.220 e. The molecule has 146 valence electrons. The molecule has 1 atom stereocenters. The van der Waals surface area contributed by atoms with Crippen LogP contribution in [0.5, 0.6) is 0 Å². The number of fused-ring (bicyclic) bond motifs is 1. The fourth-order valence-electron chi connectivity index (χ4n) is 3.94. The molecule has 0 aliphatic heterocycles. The van der Waals surface area contributed by atoms with Crippen LogP contribution in [-0.4, -0.2) is 25.9 Å². The van der Waals surface area contributed by atoms with Crippen molar-refractivity contribution in [2.75, 3.05) is 0 Å². The summed E-state index contributed by atoms with van der Waals surface area (Å²) in [7, 11) is 0. The highest BCUT2D eigenvalue weighted by Gasteiger charge is 2.36. The summed E-state index contributed by atoms with van der Waals surface area (Å²) in [4.78, 5) is 12.5. The molecule has 0 radical (unpaired) electrons. The van der Waals surface area contributed by atoms with Crippen LogP contribution in [0, 0.1) is 11.2 Å². The van der Waals surface area contributed by atoms with Crippen LogP contribution in [0.3, 0.4) is 0 Å². The van der Waals surface area contributed by atoms with Crippen molar-refractivity contribution in [1.29, 1.82) is 0 Å². The van der Waals surface area contributed by atoms with E-state index < -0.39 is 0 Å². The smallest absolute Gasteiger partial charge is 0.220 e. The molecule has 2 heterocycles. The van der Waals surface area contributed by atoms with E-state index in [1.165, 1.54) is 12.1 Å². The number of nitrogens with one attached hydrogen (secondary N) is 2. The normalized spacial score (nSPS) is 17.9. The maximum absolute atomic E-state index is 13.7. The first kappa shape index (κ1) is 18.4. The molecule has 7 heteroatoms. The molecule has 28 heavy (non-hydrogen) atoms. The molecule has 4 rings (SSSR count). The zero-order chi connectivity index (χ0) is 19.7. The number of aromatic nitrogens is 4. The van der Waals surface area contributed by atoms with Crippen LogP contribution in [0.2, 0.25) is 0 Å². The number of amides is 1. The number of hydrogen-bond acceptors (Lipinski definition) is 3. The van der Waals surface area contributed by atoms with Gasteiger partial charge < -0.3 is 5.32 Å². The van der Waals surface area contributed by atoms with E-state index in [9.17, 15) is 9.18 Å². The standard InChI is InChI=1S/C21H24FN5O/c1-21(2)9-18(26-20(28)7-6-14-11-23-24-12-14)17-13-25-27(19(17)10-21)16-5-3-4-15(22)8-16/h3-5,8,11-13,18H,6-7,9-10H2,1-2H3,(H,23,24)(H,26,28). The number of aryl methyl sites for hydroxylation is 1. The molecule has 3 aromatic rings. The van der Waals surface area contributed by atoms with Crippen molar-refractivity contribution in [2.45, 2.75) is 45.6 Å². The summed E-state index contributed by atoms with van der Waals surface area (Å²) in [6.45, 7) is 4.37. The molecule has 0 bridgehead atoms. The highest BCUT2D eigenvalue weighted by molar-refractivity contribution is 5.76. The van der Waals surface area contributed by atoms with E-state index in [4.69, 9.17) is 0 Å². The Kier molecular flexibility index (Phi) is 4.75. The lowest BCUT2D eigenvalue weighted by Gasteiger charge is -2.36. The number of benzene rings is 1. The second-order valence-corrected chi connectivity index (χ2v) is 8.21. The molecule has 2 aromatic heterocycles. The molecule has 0 fully saturated rings. The van der Waals surface area contributed by atoms with Crippen LogP contribution in [-0.2, 0) is 17.6 Å². The van der Waals surface area contributed by atoms with Crippen LogP contribution in [0.1, 0.15) is 49.6 Å². The van der Waals surface area contributed by atoms with Gasteiger partial charge in [0.2, 0.25) is 5.91 Å². The van der Waals surface area contributed by atoms with Crippen LogP contribution in [0.25, 0.3) is 5.69 Å². The second kappa shape index (κ2) is 7.22. The van der Waals surface area contributed by atoms with E-state index >= 15 is 0 Å². The predicted octanol–water partition coefficient (Wildman–Crippen LogP) is 3.50. The molecule has 1 unspecified atom stereocenters. The predicted molar refractivity (Wildman–Crippen MR) is 103 cm³/mol. The molecule has 1 aliphatic carbocycles. The third-order valence-electron chi connectivity index (χ3n) is 5.26. The average molecular weight is 381 g/mol. The Balaban J connectivity index is 1.56. The van der Waals surface area contributed by atoms with Gasteiger partial charge in [-0.15, -0.1) is 0 Å². The lowest BCUT2D eigenvalue weighted by molar-refractivity contribution is -0.122. The zero-order valence-electron chi connectivity index (χ0n) is 16.1. The SMILES string of the molecule is CC1(C)Cc2c(cnn2-c2cccc(F)c2)C(NC(=O)CCc2cn[nH]c2)C1. The highest BCUT2D eigenvalue weighted by atomic mass is 19.1. The molecule has 6 nitrogen and oxygen atoms in total. The third kappa shape index (κ3) is 3.83. The van der Waals surface area contributed by atoms with Crippen molar-refractivity contribution in [1.82, 2.24) is 25.3 Å². The molecular weight excluding hydrogens is 357 g/mol. The minimum atomic E-state index is -0.291. The monoisotopic (exact) mass is 381 g/mol. The van der Waals surface area contributed by atoms with Gasteiger partial charge in [0.1, 0.15) is 5.82 Å². The van der Waals surface area contributed by atoms with Gasteiger partial charge in [0.15, 0.2) is 0 Å². The summed E-state index contributed by atoms with van der Waals surface area (Å²) >= 11 is 0. The van der Waals surface area contributed by atoms with Gasteiger partial charge in [-0.1, -0.05) is 19.9 Å².